The first-order valence-corrected chi connectivity index (χ1v) is 15.7. The third-order valence-corrected chi connectivity index (χ3v) is 7.63. The van der Waals surface area contributed by atoms with Crippen LogP contribution in [0.5, 0.6) is 0 Å². The number of hydrogen-bond donors (Lipinski definition) is 1. The highest BCUT2D eigenvalue weighted by atomic mass is 32.1. The van der Waals surface area contributed by atoms with Gasteiger partial charge in [0.15, 0.2) is 48.0 Å². The smallest absolute Gasteiger partial charge is 0.303 e. The van der Waals surface area contributed by atoms with Crippen LogP contribution in [-0.4, -0.2) is 149 Å². The van der Waals surface area contributed by atoms with Crippen molar-refractivity contribution in [2.75, 3.05) is 26.8 Å². The molecule has 0 radical (unpaired) electrons. The molecule has 0 saturated carbocycles. The molecule has 2 rings (SSSR count). The minimum absolute atomic E-state index is 0.277. The molecular formula is C30H42N2O18S. The zero-order valence-electron chi connectivity index (χ0n) is 29.4. The fraction of sp³-hybridized carbons (Fsp3) is 0.700. The molecule has 0 aromatic rings. The van der Waals surface area contributed by atoms with Gasteiger partial charge in [-0.2, -0.15) is 0 Å². The van der Waals surface area contributed by atoms with Crippen molar-refractivity contribution in [3.63, 3.8) is 0 Å². The van der Waals surface area contributed by atoms with Crippen molar-refractivity contribution in [1.29, 1.82) is 0 Å². The molecule has 0 spiro atoms. The van der Waals surface area contributed by atoms with Crippen molar-refractivity contribution in [3.8, 4) is 0 Å². The second-order valence-corrected chi connectivity index (χ2v) is 11.9. The Balaban J connectivity index is 2.94. The van der Waals surface area contributed by atoms with Gasteiger partial charge in [0.1, 0.15) is 19.3 Å². The van der Waals surface area contributed by atoms with Crippen LogP contribution >= 0.6 is 12.2 Å². The van der Waals surface area contributed by atoms with Gasteiger partial charge in [0.2, 0.25) is 5.72 Å². The Morgan fingerprint density at radius 3 is 1.69 bits per heavy atom. The monoisotopic (exact) mass is 750 g/mol. The molecule has 2 aliphatic heterocycles. The van der Waals surface area contributed by atoms with Gasteiger partial charge in [-0.05, 0) is 12.2 Å². The Labute approximate surface area is 297 Å². The first-order chi connectivity index (χ1) is 23.6. The van der Waals surface area contributed by atoms with Gasteiger partial charge in [-0.15, -0.1) is 0 Å². The van der Waals surface area contributed by atoms with E-state index in [1.165, 1.54) is 11.9 Å². The number of carbonyl (C=O) groups is 8. The average Bonchev–Trinajstić information content (AvgIpc) is 3.20. The predicted octanol–water partition coefficient (Wildman–Crippen LogP) is -1.35. The van der Waals surface area contributed by atoms with Gasteiger partial charge in [0, 0.05) is 62.4 Å². The highest BCUT2D eigenvalue weighted by Gasteiger charge is 2.64. The molecule has 0 aromatic heterocycles. The van der Waals surface area contributed by atoms with Crippen molar-refractivity contribution >= 4 is 65.1 Å². The lowest BCUT2D eigenvalue weighted by atomic mass is 9.92. The lowest BCUT2D eigenvalue weighted by Gasteiger charge is -2.51. The van der Waals surface area contributed by atoms with Crippen molar-refractivity contribution in [2.24, 2.45) is 0 Å². The molecule has 2 fully saturated rings. The summed E-state index contributed by atoms with van der Waals surface area (Å²) in [5.41, 5.74) is -2.68. The summed E-state index contributed by atoms with van der Waals surface area (Å²) in [4.78, 5) is 100. The summed E-state index contributed by atoms with van der Waals surface area (Å²) >= 11 is 5.65. The number of hydrogen-bond acceptors (Lipinski definition) is 19. The summed E-state index contributed by atoms with van der Waals surface area (Å²) in [6.45, 7) is 6.07. The minimum Gasteiger partial charge on any atom is -0.463 e. The van der Waals surface area contributed by atoms with E-state index in [4.69, 9.17) is 54.8 Å². The molecule has 0 aliphatic carbocycles. The molecule has 2 heterocycles. The van der Waals surface area contributed by atoms with E-state index in [1.54, 1.807) is 0 Å². The van der Waals surface area contributed by atoms with Crippen LogP contribution in [0.4, 0.5) is 0 Å². The van der Waals surface area contributed by atoms with E-state index in [2.05, 4.69) is 0 Å². The lowest BCUT2D eigenvalue weighted by Crippen LogP contribution is -2.72. The SMILES string of the molecule is CC(=O)OC[C@@H](OC(C)=O)[C@@H](OC(C)=O)[C@H](OC(C)=O)[C@]1(O)CN(C)C(=S)N1[C@@H]1O[C@H](COC(C)=O)[C@@H](OC(C)=O)[C@H](OC(C)=O)[C@H]1OC(C)=O. The van der Waals surface area contributed by atoms with E-state index in [0.29, 0.717) is 0 Å². The number of thiocarbonyl (C=S) groups is 1. The van der Waals surface area contributed by atoms with Gasteiger partial charge in [0.25, 0.3) is 0 Å². The number of esters is 8. The summed E-state index contributed by atoms with van der Waals surface area (Å²) in [6, 6.07) is 0. The molecule has 0 bridgehead atoms. The van der Waals surface area contributed by atoms with Gasteiger partial charge in [-0.1, -0.05) is 0 Å². The average molecular weight is 751 g/mol. The van der Waals surface area contributed by atoms with Crippen LogP contribution in [0.3, 0.4) is 0 Å². The molecular weight excluding hydrogens is 708 g/mol. The summed E-state index contributed by atoms with van der Waals surface area (Å²) < 4.78 is 49.2. The zero-order valence-corrected chi connectivity index (χ0v) is 30.2. The van der Waals surface area contributed by atoms with E-state index in [-0.39, 0.29) is 5.11 Å². The zero-order chi connectivity index (χ0) is 39.0. The normalized spacial score (nSPS) is 26.1. The molecule has 20 nitrogen and oxygen atoms in total. The van der Waals surface area contributed by atoms with Crippen molar-refractivity contribution < 1.29 is 86.1 Å². The van der Waals surface area contributed by atoms with E-state index >= 15 is 0 Å². The number of ether oxygens (including phenoxy) is 9. The quantitative estimate of drug-likeness (QED) is 0.122. The van der Waals surface area contributed by atoms with Gasteiger partial charge in [-0.25, -0.2) is 0 Å². The number of likely N-dealkylation sites (N-methyl/N-ethyl adjacent to an activating group) is 1. The van der Waals surface area contributed by atoms with E-state index in [9.17, 15) is 43.5 Å². The Morgan fingerprint density at radius 1 is 0.725 bits per heavy atom. The molecule has 2 saturated heterocycles. The fourth-order valence-electron chi connectivity index (χ4n) is 5.55. The first kappa shape index (κ1) is 42.5. The van der Waals surface area contributed by atoms with Crippen molar-refractivity contribution in [2.45, 2.75) is 110 Å². The highest BCUT2D eigenvalue weighted by Crippen LogP contribution is 2.40. The molecule has 21 heteroatoms. The van der Waals surface area contributed by atoms with Crippen molar-refractivity contribution in [3.05, 3.63) is 0 Å². The Morgan fingerprint density at radius 2 is 1.22 bits per heavy atom. The van der Waals surface area contributed by atoms with Crippen LogP contribution in [0.15, 0.2) is 0 Å². The molecule has 0 aromatic carbocycles. The Bertz CT molecular complexity index is 1390. The van der Waals surface area contributed by atoms with E-state index < -0.39 is 122 Å². The summed E-state index contributed by atoms with van der Waals surface area (Å²) in [5, 5.41) is 12.4. The summed E-state index contributed by atoms with van der Waals surface area (Å²) in [5.74, 6) is -7.47. The number of β-amino-alcohol motifs (C(OH)–C–C–N with tert-alkyl or cyclic N) is 1. The van der Waals surface area contributed by atoms with Gasteiger partial charge < -0.3 is 52.6 Å². The highest BCUT2D eigenvalue weighted by molar-refractivity contribution is 7.80. The second kappa shape index (κ2) is 18.0. The fourth-order valence-corrected chi connectivity index (χ4v) is 5.87. The van der Waals surface area contributed by atoms with E-state index in [1.807, 2.05) is 0 Å². The molecule has 1 N–H and O–H groups in total. The third-order valence-electron chi connectivity index (χ3n) is 7.12. The second-order valence-electron chi connectivity index (χ2n) is 11.5. The van der Waals surface area contributed by atoms with Crippen LogP contribution < -0.4 is 0 Å². The van der Waals surface area contributed by atoms with Crippen LogP contribution in [0.25, 0.3) is 0 Å². The third kappa shape index (κ3) is 11.4. The van der Waals surface area contributed by atoms with Crippen molar-refractivity contribution in [1.82, 2.24) is 9.80 Å². The van der Waals surface area contributed by atoms with Crippen LogP contribution in [-0.2, 0) is 81.0 Å². The largest absolute Gasteiger partial charge is 0.463 e. The molecule has 9 atom stereocenters. The standard InChI is InChI=1S/C30H42N2O18S/c1-13(33)42-10-21-23(45-16(4)36)25(47-18(6)38)26(48-19(7)39)28(50-21)32-29(51)31(9)12-30(32,41)27(49-20(8)40)24(46-17(5)37)22(44-15(3)35)11-43-14(2)34/h21-28,41H,10-12H2,1-9H3/t21-,22-,23-,24-,25+,26-,27+,28-,30-/m1/s1. The first-order valence-electron chi connectivity index (χ1n) is 15.3. The molecule has 0 amide bonds. The summed E-state index contributed by atoms with van der Waals surface area (Å²) in [7, 11) is 1.40. The molecule has 0 unspecified atom stereocenters. The molecule has 51 heavy (non-hydrogen) atoms. The molecule has 286 valence electrons. The number of rotatable bonds is 14. The number of aliphatic hydroxyl groups is 1. The van der Waals surface area contributed by atoms with E-state index in [0.717, 1.165) is 60.3 Å². The number of carbonyl (C=O) groups excluding carboxylic acids is 8. The van der Waals surface area contributed by atoms with Crippen LogP contribution in [0.1, 0.15) is 55.4 Å². The van der Waals surface area contributed by atoms with Crippen LogP contribution in [0, 0.1) is 0 Å². The maximum atomic E-state index is 12.7. The van der Waals surface area contributed by atoms with Gasteiger partial charge in [-0.3, -0.25) is 43.3 Å². The van der Waals surface area contributed by atoms with Crippen LogP contribution in [0.2, 0.25) is 0 Å². The number of nitrogens with zero attached hydrogens (tertiary/aromatic N) is 2. The summed E-state index contributed by atoms with van der Waals surface area (Å²) in [6.07, 6.45) is -14.1. The molecule has 2 aliphatic rings. The maximum absolute atomic E-state index is 12.7. The topological polar surface area (TPSA) is 246 Å². The lowest BCUT2D eigenvalue weighted by molar-refractivity contribution is -0.302. The Hall–Kier alpha value is -4.63. The van der Waals surface area contributed by atoms with Gasteiger partial charge in [0.05, 0.1) is 6.54 Å². The van der Waals surface area contributed by atoms with Gasteiger partial charge >= 0.3 is 47.8 Å². The minimum atomic E-state index is -2.68. The predicted molar refractivity (Wildman–Crippen MR) is 167 cm³/mol. The maximum Gasteiger partial charge on any atom is 0.303 e. The Kier molecular flexibility index (Phi) is 15.0.